The number of carbonyl (C=O) groups excluding carboxylic acids is 1. The number of amides is 1. The Hall–Kier alpha value is -3.18. The van der Waals surface area contributed by atoms with E-state index in [1.54, 1.807) is 17.6 Å². The van der Waals surface area contributed by atoms with Crippen molar-refractivity contribution in [3.8, 4) is 11.5 Å². The maximum absolute atomic E-state index is 12.3. The molecule has 0 saturated carbocycles. The van der Waals surface area contributed by atoms with Gasteiger partial charge in [-0.2, -0.15) is 0 Å². The topological polar surface area (TPSA) is 127 Å². The first-order valence-electron chi connectivity index (χ1n) is 9.50. The van der Waals surface area contributed by atoms with Crippen LogP contribution in [0.2, 0.25) is 0 Å². The van der Waals surface area contributed by atoms with Crippen molar-refractivity contribution < 1.29 is 14.1 Å². The van der Waals surface area contributed by atoms with E-state index >= 15 is 0 Å². The molecule has 3 aromatic rings. The molecule has 1 N–H and O–H groups in total. The van der Waals surface area contributed by atoms with Crippen LogP contribution in [0, 0.1) is 17.0 Å². The quantitative estimate of drug-likeness (QED) is 0.469. The third kappa shape index (κ3) is 4.52. The summed E-state index contributed by atoms with van der Waals surface area (Å²) < 4.78 is 5.72. The van der Waals surface area contributed by atoms with E-state index in [-0.39, 0.29) is 17.6 Å². The van der Waals surface area contributed by atoms with E-state index < -0.39 is 4.92 Å². The Morgan fingerprint density at radius 1 is 1.30 bits per heavy atom. The van der Waals surface area contributed by atoms with E-state index in [0.29, 0.717) is 28.8 Å². The maximum Gasteiger partial charge on any atom is 0.269 e. The van der Waals surface area contributed by atoms with E-state index in [2.05, 4.69) is 25.4 Å². The SMILES string of the molecule is Cc1ncsc1C(=O)NC1CCN(Cc2nnc(-c3ccc([N+](=O)[O-])cc3)o2)CC1. The van der Waals surface area contributed by atoms with Gasteiger partial charge in [-0.3, -0.25) is 19.8 Å². The number of thiazole rings is 1. The molecule has 10 nitrogen and oxygen atoms in total. The van der Waals surface area contributed by atoms with Gasteiger partial charge in [-0.1, -0.05) is 0 Å². The molecule has 0 unspecified atom stereocenters. The summed E-state index contributed by atoms with van der Waals surface area (Å²) in [7, 11) is 0. The molecular formula is C19H20N6O4S. The smallest absolute Gasteiger partial charge is 0.269 e. The van der Waals surface area contributed by atoms with Gasteiger partial charge in [0.2, 0.25) is 11.8 Å². The lowest BCUT2D eigenvalue weighted by Gasteiger charge is -2.31. The molecule has 1 amide bonds. The Morgan fingerprint density at radius 2 is 2.03 bits per heavy atom. The van der Waals surface area contributed by atoms with Gasteiger partial charge in [0.1, 0.15) is 4.88 Å². The van der Waals surface area contributed by atoms with Gasteiger partial charge in [-0.15, -0.1) is 21.5 Å². The highest BCUT2D eigenvalue weighted by atomic mass is 32.1. The third-order valence-electron chi connectivity index (χ3n) is 5.03. The van der Waals surface area contributed by atoms with Gasteiger partial charge in [-0.05, 0) is 31.9 Å². The van der Waals surface area contributed by atoms with E-state index in [4.69, 9.17) is 4.42 Å². The number of nitro benzene ring substituents is 1. The number of aromatic nitrogens is 3. The lowest BCUT2D eigenvalue weighted by atomic mass is 10.0. The minimum Gasteiger partial charge on any atom is -0.419 e. The molecule has 1 aromatic carbocycles. The summed E-state index contributed by atoms with van der Waals surface area (Å²) in [6.07, 6.45) is 1.68. The first kappa shape index (κ1) is 20.1. The van der Waals surface area contributed by atoms with Crippen LogP contribution in [0.4, 0.5) is 5.69 Å². The van der Waals surface area contributed by atoms with Crippen LogP contribution in [0.5, 0.6) is 0 Å². The van der Waals surface area contributed by atoms with Crippen LogP contribution in [0.3, 0.4) is 0 Å². The van der Waals surface area contributed by atoms with E-state index in [1.165, 1.54) is 23.5 Å². The second-order valence-electron chi connectivity index (χ2n) is 7.10. The van der Waals surface area contributed by atoms with Crippen molar-refractivity contribution >= 4 is 22.9 Å². The fourth-order valence-corrected chi connectivity index (χ4v) is 4.06. The Labute approximate surface area is 176 Å². The van der Waals surface area contributed by atoms with Crippen molar-refractivity contribution in [1.82, 2.24) is 25.4 Å². The largest absolute Gasteiger partial charge is 0.419 e. The number of nitrogens with one attached hydrogen (secondary N) is 1. The Balaban J connectivity index is 1.29. The fourth-order valence-electron chi connectivity index (χ4n) is 3.36. The number of aryl methyl sites for hydroxylation is 1. The number of rotatable bonds is 6. The number of benzene rings is 1. The van der Waals surface area contributed by atoms with Crippen molar-refractivity contribution in [2.24, 2.45) is 0 Å². The minimum atomic E-state index is -0.451. The number of hydrogen-bond acceptors (Lipinski definition) is 9. The lowest BCUT2D eigenvalue weighted by molar-refractivity contribution is -0.384. The molecule has 11 heteroatoms. The molecular weight excluding hydrogens is 408 g/mol. The van der Waals surface area contributed by atoms with E-state index in [0.717, 1.165) is 31.6 Å². The van der Waals surface area contributed by atoms with Crippen molar-refractivity contribution in [3.63, 3.8) is 0 Å². The van der Waals surface area contributed by atoms with Gasteiger partial charge in [0, 0.05) is 36.8 Å². The second-order valence-corrected chi connectivity index (χ2v) is 7.95. The number of likely N-dealkylation sites (tertiary alicyclic amines) is 1. The molecule has 0 radical (unpaired) electrons. The van der Waals surface area contributed by atoms with Crippen molar-refractivity contribution in [2.45, 2.75) is 32.4 Å². The first-order chi connectivity index (χ1) is 14.5. The van der Waals surface area contributed by atoms with Gasteiger partial charge in [0.25, 0.3) is 11.6 Å². The standard InChI is InChI=1S/C19H20N6O4S/c1-12-17(30-11-20-12)18(26)21-14-6-8-24(9-7-14)10-16-22-23-19(29-16)13-2-4-15(5-3-13)25(27)28/h2-5,11,14H,6-10H2,1H3,(H,21,26). The summed E-state index contributed by atoms with van der Waals surface area (Å²) in [5.74, 6) is 0.770. The molecule has 0 bridgehead atoms. The van der Waals surface area contributed by atoms with Crippen LogP contribution in [-0.4, -0.2) is 50.0 Å². The average Bonchev–Trinajstić information content (AvgIpc) is 3.38. The normalized spacial score (nSPS) is 15.2. The molecule has 0 aliphatic carbocycles. The zero-order chi connectivity index (χ0) is 21.1. The van der Waals surface area contributed by atoms with Crippen molar-refractivity contribution in [2.75, 3.05) is 13.1 Å². The van der Waals surface area contributed by atoms with Crippen LogP contribution in [-0.2, 0) is 6.54 Å². The number of non-ortho nitro benzene ring substituents is 1. The predicted octanol–water partition coefficient (Wildman–Crippen LogP) is 2.80. The molecule has 1 aliphatic rings. The second kappa shape index (κ2) is 8.67. The molecule has 0 atom stereocenters. The molecule has 156 valence electrons. The van der Waals surface area contributed by atoms with Crippen molar-refractivity contribution in [3.05, 3.63) is 56.4 Å². The lowest BCUT2D eigenvalue weighted by Crippen LogP contribution is -2.44. The van der Waals surface area contributed by atoms with E-state index in [9.17, 15) is 14.9 Å². The van der Waals surface area contributed by atoms with Crippen LogP contribution in [0.15, 0.2) is 34.2 Å². The molecule has 0 spiro atoms. The van der Waals surface area contributed by atoms with Crippen LogP contribution >= 0.6 is 11.3 Å². The number of hydrogen-bond donors (Lipinski definition) is 1. The van der Waals surface area contributed by atoms with Gasteiger partial charge in [-0.25, -0.2) is 4.98 Å². The number of piperidine rings is 1. The summed E-state index contributed by atoms with van der Waals surface area (Å²) in [5, 5.41) is 22.0. The molecule has 30 heavy (non-hydrogen) atoms. The zero-order valence-electron chi connectivity index (χ0n) is 16.3. The van der Waals surface area contributed by atoms with Crippen LogP contribution in [0.25, 0.3) is 11.5 Å². The zero-order valence-corrected chi connectivity index (χ0v) is 17.1. The molecule has 3 heterocycles. The number of nitrogens with zero attached hydrogens (tertiary/aromatic N) is 5. The molecule has 1 aliphatic heterocycles. The fraction of sp³-hybridized carbons (Fsp3) is 0.368. The van der Waals surface area contributed by atoms with Crippen molar-refractivity contribution in [1.29, 1.82) is 0 Å². The first-order valence-corrected chi connectivity index (χ1v) is 10.4. The molecule has 1 saturated heterocycles. The summed E-state index contributed by atoms with van der Waals surface area (Å²) in [6, 6.07) is 6.13. The van der Waals surface area contributed by atoms with Gasteiger partial charge in [0.15, 0.2) is 0 Å². The monoisotopic (exact) mass is 428 g/mol. The Morgan fingerprint density at radius 3 is 2.67 bits per heavy atom. The predicted molar refractivity (Wildman–Crippen MR) is 109 cm³/mol. The van der Waals surface area contributed by atoms with Crippen LogP contribution in [0.1, 0.15) is 34.1 Å². The molecule has 4 rings (SSSR count). The average molecular weight is 428 g/mol. The molecule has 2 aromatic heterocycles. The van der Waals surface area contributed by atoms with Gasteiger partial charge in [0.05, 0.1) is 22.7 Å². The summed E-state index contributed by atoms with van der Waals surface area (Å²) >= 11 is 1.36. The summed E-state index contributed by atoms with van der Waals surface area (Å²) in [4.78, 5) is 29.6. The summed E-state index contributed by atoms with van der Waals surface area (Å²) in [6.45, 7) is 3.97. The Kier molecular flexibility index (Phi) is 5.81. The highest BCUT2D eigenvalue weighted by Gasteiger charge is 2.24. The van der Waals surface area contributed by atoms with E-state index in [1.807, 2.05) is 6.92 Å². The van der Waals surface area contributed by atoms with Gasteiger partial charge < -0.3 is 9.73 Å². The van der Waals surface area contributed by atoms with Crippen LogP contribution < -0.4 is 5.32 Å². The maximum atomic E-state index is 12.3. The number of nitro groups is 1. The third-order valence-corrected chi connectivity index (χ3v) is 5.95. The number of carbonyl (C=O) groups is 1. The molecule has 1 fully saturated rings. The highest BCUT2D eigenvalue weighted by molar-refractivity contribution is 7.11. The Bertz CT molecular complexity index is 1040. The minimum absolute atomic E-state index is 0.0129. The van der Waals surface area contributed by atoms with Gasteiger partial charge >= 0.3 is 0 Å². The highest BCUT2D eigenvalue weighted by Crippen LogP contribution is 2.22. The summed E-state index contributed by atoms with van der Waals surface area (Å²) in [5.41, 5.74) is 3.09.